The van der Waals surface area contributed by atoms with E-state index in [1.165, 1.54) is 22.3 Å². The lowest BCUT2D eigenvalue weighted by Crippen LogP contribution is -2.42. The number of carbonyl (C=O) groups is 2. The number of ether oxygens (including phenoxy) is 2. The van der Waals surface area contributed by atoms with Gasteiger partial charge < -0.3 is 19.5 Å². The molecular weight excluding hydrogens is 406 g/mol. The van der Waals surface area contributed by atoms with E-state index in [0.29, 0.717) is 19.7 Å². The number of hydrogen-bond acceptors (Lipinski definition) is 4. The van der Waals surface area contributed by atoms with Crippen molar-refractivity contribution in [3.8, 4) is 11.1 Å². The molecule has 1 N–H and O–H groups in total. The number of benzene rings is 3. The van der Waals surface area contributed by atoms with Crippen LogP contribution in [0.5, 0.6) is 0 Å². The number of amides is 1. The van der Waals surface area contributed by atoms with Crippen LogP contribution >= 0.6 is 0 Å². The van der Waals surface area contributed by atoms with E-state index in [1.54, 1.807) is 29.2 Å². The summed E-state index contributed by atoms with van der Waals surface area (Å²) in [4.78, 5) is 25.6. The van der Waals surface area contributed by atoms with E-state index in [2.05, 4.69) is 24.3 Å². The summed E-state index contributed by atoms with van der Waals surface area (Å²) in [7, 11) is 0. The molecule has 162 valence electrons. The molecule has 6 nitrogen and oxygen atoms in total. The molecule has 0 bridgehead atoms. The third-order valence-corrected chi connectivity index (χ3v) is 6.19. The summed E-state index contributed by atoms with van der Waals surface area (Å²) >= 11 is 0. The fraction of sp³-hybridized carbons (Fsp3) is 0.231. The maximum Gasteiger partial charge on any atom is 0.409 e. The number of nitrogens with zero attached hydrogens (tertiary/aromatic N) is 1. The second kappa shape index (κ2) is 8.48. The minimum absolute atomic E-state index is 0.0201. The van der Waals surface area contributed by atoms with Crippen molar-refractivity contribution < 1.29 is 24.2 Å². The minimum atomic E-state index is -0.971. The highest BCUT2D eigenvalue weighted by Gasteiger charge is 2.31. The normalized spacial score (nSPS) is 17.5. The second-order valence-electron chi connectivity index (χ2n) is 8.04. The molecule has 32 heavy (non-hydrogen) atoms. The van der Waals surface area contributed by atoms with Gasteiger partial charge in [0, 0.05) is 12.5 Å². The summed E-state index contributed by atoms with van der Waals surface area (Å²) in [6, 6.07) is 23.1. The highest BCUT2D eigenvalue weighted by molar-refractivity contribution is 5.87. The third-order valence-electron chi connectivity index (χ3n) is 6.19. The SMILES string of the molecule is O=C(O)c1ccc(C2CN(C(=O)OCC3c4ccccc4-c4ccccc43)CCO2)cc1. The van der Waals surface area contributed by atoms with Gasteiger partial charge in [-0.1, -0.05) is 60.7 Å². The van der Waals surface area contributed by atoms with Gasteiger partial charge >= 0.3 is 12.1 Å². The summed E-state index contributed by atoms with van der Waals surface area (Å²) in [5.41, 5.74) is 5.81. The molecule has 5 rings (SSSR count). The Morgan fingerprint density at radius 1 is 0.938 bits per heavy atom. The van der Waals surface area contributed by atoms with Gasteiger partial charge in [0.05, 0.1) is 18.7 Å². The number of fused-ring (bicyclic) bond motifs is 3. The summed E-state index contributed by atoms with van der Waals surface area (Å²) in [5, 5.41) is 9.07. The van der Waals surface area contributed by atoms with E-state index in [4.69, 9.17) is 14.6 Å². The monoisotopic (exact) mass is 429 g/mol. The standard InChI is InChI=1S/C26H23NO5/c28-25(29)18-11-9-17(10-12-18)24-15-27(13-14-31-24)26(30)32-16-23-21-7-3-1-5-19(21)20-6-2-4-8-22(20)23/h1-12,23-24H,13-16H2,(H,28,29). The molecule has 0 saturated carbocycles. The largest absolute Gasteiger partial charge is 0.478 e. The smallest absolute Gasteiger partial charge is 0.409 e. The Labute approximate surface area is 186 Å². The Morgan fingerprint density at radius 2 is 1.56 bits per heavy atom. The highest BCUT2D eigenvalue weighted by atomic mass is 16.6. The van der Waals surface area contributed by atoms with Crippen LogP contribution in [0, 0.1) is 0 Å². The van der Waals surface area contributed by atoms with Crippen LogP contribution in [0.3, 0.4) is 0 Å². The molecule has 1 heterocycles. The number of hydrogen-bond donors (Lipinski definition) is 1. The first-order chi connectivity index (χ1) is 15.6. The van der Waals surface area contributed by atoms with Crippen molar-refractivity contribution in [2.75, 3.05) is 26.3 Å². The van der Waals surface area contributed by atoms with Crippen LogP contribution in [-0.2, 0) is 9.47 Å². The van der Waals surface area contributed by atoms with Crippen LogP contribution in [0.15, 0.2) is 72.8 Å². The van der Waals surface area contributed by atoms with E-state index in [-0.39, 0.29) is 30.3 Å². The Hall–Kier alpha value is -3.64. The molecule has 1 aliphatic heterocycles. The molecule has 2 aliphatic rings. The van der Waals surface area contributed by atoms with Crippen LogP contribution < -0.4 is 0 Å². The molecule has 0 aromatic heterocycles. The Balaban J connectivity index is 1.26. The van der Waals surface area contributed by atoms with E-state index in [0.717, 1.165) is 5.56 Å². The Bertz CT molecular complexity index is 1110. The predicted octanol–water partition coefficient (Wildman–Crippen LogP) is 4.71. The van der Waals surface area contributed by atoms with Crippen LogP contribution in [0.4, 0.5) is 4.79 Å². The number of morpholine rings is 1. The van der Waals surface area contributed by atoms with Crippen LogP contribution in [0.2, 0.25) is 0 Å². The zero-order chi connectivity index (χ0) is 22.1. The number of rotatable bonds is 4. The van der Waals surface area contributed by atoms with E-state index in [9.17, 15) is 9.59 Å². The van der Waals surface area contributed by atoms with Crippen LogP contribution in [-0.4, -0.2) is 48.4 Å². The van der Waals surface area contributed by atoms with Crippen LogP contribution in [0.1, 0.15) is 39.1 Å². The molecule has 1 atom stereocenters. The van der Waals surface area contributed by atoms with Gasteiger partial charge in [-0.25, -0.2) is 9.59 Å². The van der Waals surface area contributed by atoms with Crippen LogP contribution in [0.25, 0.3) is 11.1 Å². The number of carboxylic acid groups (broad SMARTS) is 1. The first-order valence-corrected chi connectivity index (χ1v) is 10.7. The first-order valence-electron chi connectivity index (χ1n) is 10.7. The molecule has 1 fully saturated rings. The van der Waals surface area contributed by atoms with Gasteiger partial charge in [-0.2, -0.15) is 0 Å². The molecule has 0 spiro atoms. The van der Waals surface area contributed by atoms with Gasteiger partial charge in [0.25, 0.3) is 0 Å². The van der Waals surface area contributed by atoms with E-state index < -0.39 is 5.97 Å². The molecular formula is C26H23NO5. The zero-order valence-corrected chi connectivity index (χ0v) is 17.4. The number of aromatic carboxylic acids is 1. The molecule has 1 aliphatic carbocycles. The number of carboxylic acids is 1. The van der Waals surface area contributed by atoms with E-state index >= 15 is 0 Å². The molecule has 1 saturated heterocycles. The van der Waals surface area contributed by atoms with Gasteiger partial charge in [0.2, 0.25) is 0 Å². The number of carbonyl (C=O) groups excluding carboxylic acids is 1. The maximum atomic E-state index is 12.9. The quantitative estimate of drug-likeness (QED) is 0.650. The van der Waals surface area contributed by atoms with Gasteiger partial charge in [-0.15, -0.1) is 0 Å². The Morgan fingerprint density at radius 3 is 2.19 bits per heavy atom. The lowest BCUT2D eigenvalue weighted by molar-refractivity contribution is -0.0288. The van der Waals surface area contributed by atoms with Crippen molar-refractivity contribution in [3.63, 3.8) is 0 Å². The van der Waals surface area contributed by atoms with Crippen molar-refractivity contribution >= 4 is 12.1 Å². The van der Waals surface area contributed by atoms with Crippen molar-refractivity contribution in [1.29, 1.82) is 0 Å². The van der Waals surface area contributed by atoms with Gasteiger partial charge in [-0.05, 0) is 39.9 Å². The summed E-state index contributed by atoms with van der Waals surface area (Å²) in [6.07, 6.45) is -0.672. The fourth-order valence-corrected chi connectivity index (χ4v) is 4.54. The average Bonchev–Trinajstić information content (AvgIpc) is 3.16. The van der Waals surface area contributed by atoms with Gasteiger partial charge in [0.1, 0.15) is 12.7 Å². The molecule has 6 heteroatoms. The average molecular weight is 429 g/mol. The lowest BCUT2D eigenvalue weighted by Gasteiger charge is -2.32. The van der Waals surface area contributed by atoms with Crippen molar-refractivity contribution in [2.24, 2.45) is 0 Å². The Kier molecular flexibility index (Phi) is 5.37. The summed E-state index contributed by atoms with van der Waals surface area (Å²) in [6.45, 7) is 1.50. The lowest BCUT2D eigenvalue weighted by atomic mass is 9.98. The highest BCUT2D eigenvalue weighted by Crippen LogP contribution is 2.44. The molecule has 0 radical (unpaired) electrons. The second-order valence-corrected chi connectivity index (χ2v) is 8.04. The first kappa shape index (κ1) is 20.3. The third kappa shape index (κ3) is 3.74. The van der Waals surface area contributed by atoms with Crippen molar-refractivity contribution in [3.05, 3.63) is 95.1 Å². The maximum absolute atomic E-state index is 12.9. The topological polar surface area (TPSA) is 76.1 Å². The van der Waals surface area contributed by atoms with Gasteiger partial charge in [0.15, 0.2) is 0 Å². The zero-order valence-electron chi connectivity index (χ0n) is 17.4. The molecule has 1 amide bonds. The van der Waals surface area contributed by atoms with Crippen molar-refractivity contribution in [1.82, 2.24) is 4.90 Å². The molecule has 3 aromatic carbocycles. The van der Waals surface area contributed by atoms with E-state index in [1.807, 2.05) is 24.3 Å². The molecule has 3 aromatic rings. The summed E-state index contributed by atoms with van der Waals surface area (Å²) < 4.78 is 11.6. The summed E-state index contributed by atoms with van der Waals surface area (Å²) in [5.74, 6) is -0.951. The molecule has 1 unspecified atom stereocenters. The van der Waals surface area contributed by atoms with Gasteiger partial charge in [-0.3, -0.25) is 0 Å². The predicted molar refractivity (Wildman–Crippen MR) is 119 cm³/mol. The fourth-order valence-electron chi connectivity index (χ4n) is 4.54. The minimum Gasteiger partial charge on any atom is -0.478 e. The van der Waals surface area contributed by atoms with Crippen molar-refractivity contribution in [2.45, 2.75) is 12.0 Å².